The molecule has 0 saturated carbocycles. The summed E-state index contributed by atoms with van der Waals surface area (Å²) in [6.45, 7) is 2.67. The van der Waals surface area contributed by atoms with Gasteiger partial charge in [0.05, 0.1) is 4.88 Å². The van der Waals surface area contributed by atoms with Crippen molar-refractivity contribution in [3.8, 4) is 0 Å². The van der Waals surface area contributed by atoms with E-state index in [1.807, 2.05) is 11.4 Å². The van der Waals surface area contributed by atoms with E-state index in [4.69, 9.17) is 0 Å². The largest absolute Gasteiger partial charge is 0.480 e. The quantitative estimate of drug-likeness (QED) is 0.926. The van der Waals surface area contributed by atoms with Crippen LogP contribution in [0.25, 0.3) is 0 Å². The van der Waals surface area contributed by atoms with Gasteiger partial charge in [-0.3, -0.25) is 4.79 Å². The number of carboxylic acid groups (broad SMARTS) is 1. The summed E-state index contributed by atoms with van der Waals surface area (Å²) in [6.07, 6.45) is 3.82. The van der Waals surface area contributed by atoms with Crippen molar-refractivity contribution in [2.75, 3.05) is 19.6 Å². The number of likely N-dealkylation sites (tertiary alicyclic amines) is 2. The highest BCUT2D eigenvalue weighted by Gasteiger charge is 2.39. The van der Waals surface area contributed by atoms with Crippen molar-refractivity contribution in [3.63, 3.8) is 0 Å². The molecule has 0 spiro atoms. The number of amides is 1. The third kappa shape index (κ3) is 2.96. The first-order valence-electron chi connectivity index (χ1n) is 7.48. The van der Waals surface area contributed by atoms with Crippen molar-refractivity contribution >= 4 is 23.2 Å². The van der Waals surface area contributed by atoms with E-state index in [1.165, 1.54) is 24.2 Å². The van der Waals surface area contributed by atoms with Gasteiger partial charge in [-0.2, -0.15) is 0 Å². The standard InChI is InChI=1S/C15H20N2O3S/c18-14(13-4-3-9-21-13)17-8-5-11(10-12(17)15(19)20)16-6-1-2-7-16/h3-4,9,11-12H,1-2,5-8,10H2,(H,19,20)/t11-,12-/m1/s1. The third-order valence-corrected chi connectivity index (χ3v) is 5.37. The zero-order valence-electron chi connectivity index (χ0n) is 11.9. The van der Waals surface area contributed by atoms with Gasteiger partial charge in [0.2, 0.25) is 0 Å². The number of aliphatic carboxylic acids is 1. The normalized spacial score (nSPS) is 27.0. The topological polar surface area (TPSA) is 60.9 Å². The molecule has 2 fully saturated rings. The molecule has 6 heteroatoms. The molecule has 0 aromatic carbocycles. The first kappa shape index (κ1) is 14.5. The molecule has 2 saturated heterocycles. The molecule has 114 valence electrons. The maximum absolute atomic E-state index is 12.5. The van der Waals surface area contributed by atoms with Crippen LogP contribution >= 0.6 is 11.3 Å². The Labute approximate surface area is 128 Å². The molecule has 0 radical (unpaired) electrons. The maximum atomic E-state index is 12.5. The van der Waals surface area contributed by atoms with Crippen LogP contribution in [0.1, 0.15) is 35.4 Å². The zero-order valence-corrected chi connectivity index (χ0v) is 12.7. The van der Waals surface area contributed by atoms with E-state index < -0.39 is 12.0 Å². The molecule has 0 aliphatic carbocycles. The number of hydrogen-bond acceptors (Lipinski definition) is 4. The summed E-state index contributed by atoms with van der Waals surface area (Å²) in [6, 6.07) is 3.20. The van der Waals surface area contributed by atoms with Gasteiger partial charge in [-0.05, 0) is 50.2 Å². The molecule has 21 heavy (non-hydrogen) atoms. The van der Waals surface area contributed by atoms with Gasteiger partial charge in [-0.25, -0.2) is 4.79 Å². The Hall–Kier alpha value is -1.40. The lowest BCUT2D eigenvalue weighted by Gasteiger charge is -2.40. The average molecular weight is 308 g/mol. The van der Waals surface area contributed by atoms with E-state index in [0.717, 1.165) is 19.5 Å². The number of carboxylic acids is 1. The number of rotatable bonds is 3. The summed E-state index contributed by atoms with van der Waals surface area (Å²) in [5.41, 5.74) is 0. The molecule has 1 N–H and O–H groups in total. The van der Waals surface area contributed by atoms with Crippen molar-refractivity contribution < 1.29 is 14.7 Å². The molecule has 3 rings (SSSR count). The van der Waals surface area contributed by atoms with Gasteiger partial charge in [0.15, 0.2) is 0 Å². The lowest BCUT2D eigenvalue weighted by Crippen LogP contribution is -2.54. The minimum absolute atomic E-state index is 0.141. The highest BCUT2D eigenvalue weighted by atomic mass is 32.1. The van der Waals surface area contributed by atoms with Crippen LogP contribution < -0.4 is 0 Å². The van der Waals surface area contributed by atoms with Crippen molar-refractivity contribution in [2.24, 2.45) is 0 Å². The molecular weight excluding hydrogens is 288 g/mol. The van der Waals surface area contributed by atoms with Crippen LogP contribution in [-0.4, -0.2) is 58.5 Å². The van der Waals surface area contributed by atoms with Crippen LogP contribution in [0, 0.1) is 0 Å². The van der Waals surface area contributed by atoms with Gasteiger partial charge in [0, 0.05) is 12.6 Å². The minimum atomic E-state index is -0.885. The molecule has 2 atom stereocenters. The van der Waals surface area contributed by atoms with Gasteiger partial charge >= 0.3 is 5.97 Å². The van der Waals surface area contributed by atoms with Crippen molar-refractivity contribution in [3.05, 3.63) is 22.4 Å². The predicted molar refractivity (Wildman–Crippen MR) is 80.6 cm³/mol. The SMILES string of the molecule is O=C(O)[C@H]1C[C@H](N2CCCC2)CCN1C(=O)c1cccs1. The Balaban J connectivity index is 1.73. The second-order valence-corrected chi connectivity index (χ2v) is 6.70. The molecule has 0 unspecified atom stereocenters. The summed E-state index contributed by atoms with van der Waals surface area (Å²) >= 11 is 1.37. The van der Waals surface area contributed by atoms with Gasteiger partial charge in [0.1, 0.15) is 6.04 Å². The number of thiophene rings is 1. The van der Waals surface area contributed by atoms with Crippen LogP contribution in [0.15, 0.2) is 17.5 Å². The summed E-state index contributed by atoms with van der Waals surface area (Å²) in [5, 5.41) is 11.4. The van der Waals surface area contributed by atoms with E-state index in [2.05, 4.69) is 4.90 Å². The third-order valence-electron chi connectivity index (χ3n) is 4.51. The summed E-state index contributed by atoms with van der Waals surface area (Å²) in [5.74, 6) is -1.03. The number of carbonyl (C=O) groups is 2. The van der Waals surface area contributed by atoms with E-state index in [-0.39, 0.29) is 5.91 Å². The van der Waals surface area contributed by atoms with Crippen LogP contribution in [-0.2, 0) is 4.79 Å². The number of nitrogens with zero attached hydrogens (tertiary/aromatic N) is 2. The highest BCUT2D eigenvalue weighted by Crippen LogP contribution is 2.27. The molecule has 1 aromatic heterocycles. The van der Waals surface area contributed by atoms with Crippen molar-refractivity contribution in [1.82, 2.24) is 9.80 Å². The maximum Gasteiger partial charge on any atom is 0.326 e. The van der Waals surface area contributed by atoms with E-state index in [1.54, 1.807) is 11.0 Å². The average Bonchev–Trinajstić information content (AvgIpc) is 3.18. The molecule has 0 bridgehead atoms. The van der Waals surface area contributed by atoms with Gasteiger partial charge in [-0.1, -0.05) is 6.07 Å². The monoisotopic (exact) mass is 308 g/mol. The second kappa shape index (κ2) is 6.15. The Bertz CT molecular complexity index is 511. The second-order valence-electron chi connectivity index (χ2n) is 5.75. The fourth-order valence-corrected chi connectivity index (χ4v) is 4.08. The molecule has 2 aliphatic heterocycles. The minimum Gasteiger partial charge on any atom is -0.480 e. The number of carbonyl (C=O) groups excluding carboxylic acids is 1. The Morgan fingerprint density at radius 1 is 1.24 bits per heavy atom. The van der Waals surface area contributed by atoms with E-state index >= 15 is 0 Å². The molecule has 2 aliphatic rings. The lowest BCUT2D eigenvalue weighted by molar-refractivity contribution is -0.144. The van der Waals surface area contributed by atoms with E-state index in [9.17, 15) is 14.7 Å². The number of piperidine rings is 1. The molecule has 5 nitrogen and oxygen atoms in total. The van der Waals surface area contributed by atoms with Crippen LogP contribution in [0.3, 0.4) is 0 Å². The molecule has 3 heterocycles. The Morgan fingerprint density at radius 3 is 2.62 bits per heavy atom. The van der Waals surface area contributed by atoms with Crippen LogP contribution in [0.5, 0.6) is 0 Å². The van der Waals surface area contributed by atoms with Gasteiger partial charge in [-0.15, -0.1) is 11.3 Å². The molecule has 1 amide bonds. The first-order chi connectivity index (χ1) is 10.2. The first-order valence-corrected chi connectivity index (χ1v) is 8.36. The predicted octanol–water partition coefficient (Wildman–Crippen LogP) is 1.90. The summed E-state index contributed by atoms with van der Waals surface area (Å²) < 4.78 is 0. The van der Waals surface area contributed by atoms with Gasteiger partial charge < -0.3 is 14.9 Å². The van der Waals surface area contributed by atoms with Gasteiger partial charge in [0.25, 0.3) is 5.91 Å². The fraction of sp³-hybridized carbons (Fsp3) is 0.600. The van der Waals surface area contributed by atoms with Crippen molar-refractivity contribution in [1.29, 1.82) is 0 Å². The lowest BCUT2D eigenvalue weighted by atomic mass is 9.95. The zero-order chi connectivity index (χ0) is 14.8. The molecular formula is C15H20N2O3S. The fourth-order valence-electron chi connectivity index (χ4n) is 3.40. The summed E-state index contributed by atoms with van der Waals surface area (Å²) in [4.78, 5) is 28.6. The van der Waals surface area contributed by atoms with Crippen molar-refractivity contribution in [2.45, 2.75) is 37.8 Å². The van der Waals surface area contributed by atoms with Crippen LogP contribution in [0.4, 0.5) is 0 Å². The van der Waals surface area contributed by atoms with E-state index in [0.29, 0.717) is 23.9 Å². The smallest absolute Gasteiger partial charge is 0.326 e. The highest BCUT2D eigenvalue weighted by molar-refractivity contribution is 7.12. The number of hydrogen-bond donors (Lipinski definition) is 1. The Kier molecular flexibility index (Phi) is 4.26. The summed E-state index contributed by atoms with van der Waals surface area (Å²) in [7, 11) is 0. The Morgan fingerprint density at radius 2 is 2.00 bits per heavy atom. The van der Waals surface area contributed by atoms with Crippen LogP contribution in [0.2, 0.25) is 0 Å². The molecule has 1 aromatic rings.